The summed E-state index contributed by atoms with van der Waals surface area (Å²) in [6.45, 7) is 11.2. The molecular formula is C29H38N4O. The first-order valence-electron chi connectivity index (χ1n) is 13.0. The summed E-state index contributed by atoms with van der Waals surface area (Å²) in [5.74, 6) is 1.18. The van der Waals surface area contributed by atoms with E-state index >= 15 is 0 Å². The van der Waals surface area contributed by atoms with E-state index in [0.717, 1.165) is 50.2 Å². The standard InChI is InChI=1S/C29H38N4O/c1-18(2)28-25-16-22(8-9-26(25)32-29(28)23-14-19(3)30-20(4)15-23)21-10-12-33(13-11-21)17-27(34)31-24-6-5-7-24/h8-9,14-16,18,21,24,32H,5-7,10-13,17H2,1-4H3,(H,31,34). The fraction of sp³-hybridized carbons (Fsp3) is 0.517. The van der Waals surface area contributed by atoms with Gasteiger partial charge >= 0.3 is 0 Å². The number of aromatic amines is 1. The first kappa shape index (κ1) is 23.1. The monoisotopic (exact) mass is 458 g/mol. The van der Waals surface area contributed by atoms with Crippen molar-refractivity contribution in [2.75, 3.05) is 19.6 Å². The Morgan fingerprint density at radius 2 is 1.79 bits per heavy atom. The van der Waals surface area contributed by atoms with Gasteiger partial charge in [-0.25, -0.2) is 0 Å². The van der Waals surface area contributed by atoms with Gasteiger partial charge in [-0.1, -0.05) is 19.9 Å². The lowest BCUT2D eigenvalue weighted by Crippen LogP contribution is -2.46. The lowest BCUT2D eigenvalue weighted by molar-refractivity contribution is -0.123. The Bertz CT molecular complexity index is 1160. The highest BCUT2D eigenvalue weighted by Gasteiger charge is 2.25. The van der Waals surface area contributed by atoms with Crippen LogP contribution < -0.4 is 5.32 Å². The number of benzene rings is 1. The number of aromatic nitrogens is 2. The summed E-state index contributed by atoms with van der Waals surface area (Å²) in [5.41, 5.74) is 8.59. The molecule has 5 heteroatoms. The minimum absolute atomic E-state index is 0.201. The highest BCUT2D eigenvalue weighted by Crippen LogP contribution is 2.38. The summed E-state index contributed by atoms with van der Waals surface area (Å²) in [4.78, 5) is 22.9. The first-order valence-corrected chi connectivity index (χ1v) is 13.0. The summed E-state index contributed by atoms with van der Waals surface area (Å²) in [6, 6.07) is 11.8. The van der Waals surface area contributed by atoms with Gasteiger partial charge in [-0.15, -0.1) is 0 Å². The number of pyridine rings is 1. The Kier molecular flexibility index (Phi) is 6.48. The molecule has 1 saturated heterocycles. The Labute approximate surface area is 203 Å². The molecule has 3 aromatic rings. The highest BCUT2D eigenvalue weighted by atomic mass is 16.2. The molecule has 2 aromatic heterocycles. The average molecular weight is 459 g/mol. The number of carbonyl (C=O) groups excluding carboxylic acids is 1. The molecule has 0 atom stereocenters. The summed E-state index contributed by atoms with van der Waals surface area (Å²) in [5, 5.41) is 4.52. The molecule has 0 unspecified atom stereocenters. The minimum Gasteiger partial charge on any atom is -0.354 e. The number of amides is 1. The number of hydrogen-bond donors (Lipinski definition) is 2. The van der Waals surface area contributed by atoms with Crippen LogP contribution in [-0.2, 0) is 4.79 Å². The molecule has 34 heavy (non-hydrogen) atoms. The van der Waals surface area contributed by atoms with E-state index in [9.17, 15) is 4.79 Å². The molecule has 180 valence electrons. The number of nitrogens with zero attached hydrogens (tertiary/aromatic N) is 2. The van der Waals surface area contributed by atoms with E-state index in [2.05, 4.69) is 78.2 Å². The summed E-state index contributed by atoms with van der Waals surface area (Å²) < 4.78 is 0. The average Bonchev–Trinajstić information content (AvgIpc) is 3.15. The fourth-order valence-corrected chi connectivity index (χ4v) is 5.74. The van der Waals surface area contributed by atoms with E-state index in [0.29, 0.717) is 24.4 Å². The van der Waals surface area contributed by atoms with Crippen LogP contribution in [0.1, 0.15) is 80.3 Å². The van der Waals surface area contributed by atoms with Crippen molar-refractivity contribution in [3.8, 4) is 11.3 Å². The molecule has 1 aromatic carbocycles. The van der Waals surface area contributed by atoms with Gasteiger partial charge in [0, 0.05) is 33.9 Å². The van der Waals surface area contributed by atoms with Crippen molar-refractivity contribution >= 4 is 16.8 Å². The van der Waals surface area contributed by atoms with Gasteiger partial charge in [0.2, 0.25) is 5.91 Å². The van der Waals surface area contributed by atoms with Crippen LogP contribution in [0.5, 0.6) is 0 Å². The third-order valence-corrected chi connectivity index (χ3v) is 7.71. The van der Waals surface area contributed by atoms with Crippen LogP contribution in [0.15, 0.2) is 30.3 Å². The maximum atomic E-state index is 12.3. The van der Waals surface area contributed by atoms with Crippen molar-refractivity contribution in [1.29, 1.82) is 0 Å². The second-order valence-corrected chi connectivity index (χ2v) is 10.8. The number of likely N-dealkylation sites (tertiary alicyclic amines) is 1. The molecule has 3 heterocycles. The van der Waals surface area contributed by atoms with Gasteiger partial charge in [-0.2, -0.15) is 0 Å². The quantitative estimate of drug-likeness (QED) is 0.489. The van der Waals surface area contributed by atoms with Crippen LogP contribution >= 0.6 is 0 Å². The molecule has 0 radical (unpaired) electrons. The van der Waals surface area contributed by atoms with E-state index in [1.54, 1.807) is 0 Å². The van der Waals surface area contributed by atoms with E-state index in [1.165, 1.54) is 39.7 Å². The topological polar surface area (TPSA) is 61.0 Å². The molecule has 0 spiro atoms. The van der Waals surface area contributed by atoms with Crippen LogP contribution in [0.2, 0.25) is 0 Å². The van der Waals surface area contributed by atoms with Crippen molar-refractivity contribution in [2.24, 2.45) is 0 Å². The van der Waals surface area contributed by atoms with Crippen LogP contribution in [0.3, 0.4) is 0 Å². The largest absolute Gasteiger partial charge is 0.354 e. The summed E-state index contributed by atoms with van der Waals surface area (Å²) >= 11 is 0. The predicted octanol–water partition coefficient (Wildman–Crippen LogP) is 5.82. The van der Waals surface area contributed by atoms with E-state index in [-0.39, 0.29) is 5.91 Å². The fourth-order valence-electron chi connectivity index (χ4n) is 5.74. The summed E-state index contributed by atoms with van der Waals surface area (Å²) in [7, 11) is 0. The number of H-pyrrole nitrogens is 1. The molecule has 2 N–H and O–H groups in total. The Morgan fingerprint density at radius 1 is 1.09 bits per heavy atom. The molecule has 2 aliphatic rings. The number of piperidine rings is 1. The zero-order chi connectivity index (χ0) is 23.8. The maximum Gasteiger partial charge on any atom is 0.234 e. The smallest absolute Gasteiger partial charge is 0.234 e. The van der Waals surface area contributed by atoms with Crippen LogP contribution in [0.4, 0.5) is 0 Å². The van der Waals surface area contributed by atoms with Crippen molar-refractivity contribution < 1.29 is 4.79 Å². The molecule has 0 bridgehead atoms. The molecule has 5 rings (SSSR count). The van der Waals surface area contributed by atoms with Gasteiger partial charge in [0.25, 0.3) is 0 Å². The van der Waals surface area contributed by atoms with Gasteiger partial charge in [0.1, 0.15) is 0 Å². The zero-order valence-electron chi connectivity index (χ0n) is 21.1. The van der Waals surface area contributed by atoms with Crippen molar-refractivity contribution in [3.05, 3.63) is 52.8 Å². The first-order chi connectivity index (χ1) is 16.4. The van der Waals surface area contributed by atoms with Crippen LogP contribution in [0, 0.1) is 13.8 Å². The normalized spacial score (nSPS) is 17.9. The van der Waals surface area contributed by atoms with Crippen molar-refractivity contribution in [3.63, 3.8) is 0 Å². The van der Waals surface area contributed by atoms with Gasteiger partial charge in [0.15, 0.2) is 0 Å². The summed E-state index contributed by atoms with van der Waals surface area (Å²) in [6.07, 6.45) is 5.77. The number of rotatable bonds is 6. The van der Waals surface area contributed by atoms with Crippen molar-refractivity contribution in [2.45, 2.75) is 77.7 Å². The molecule has 1 aliphatic heterocycles. The van der Waals surface area contributed by atoms with E-state index in [1.807, 2.05) is 0 Å². The number of carbonyl (C=O) groups is 1. The third-order valence-electron chi connectivity index (χ3n) is 7.71. The molecule has 1 aliphatic carbocycles. The number of fused-ring (bicyclic) bond motifs is 1. The van der Waals surface area contributed by atoms with E-state index in [4.69, 9.17) is 0 Å². The number of hydrogen-bond acceptors (Lipinski definition) is 3. The second-order valence-electron chi connectivity index (χ2n) is 10.8. The highest BCUT2D eigenvalue weighted by molar-refractivity contribution is 5.92. The molecule has 2 fully saturated rings. The van der Waals surface area contributed by atoms with Crippen molar-refractivity contribution in [1.82, 2.24) is 20.2 Å². The number of aryl methyl sites for hydroxylation is 2. The lowest BCUT2D eigenvalue weighted by Gasteiger charge is -2.33. The van der Waals surface area contributed by atoms with Gasteiger partial charge in [0.05, 0.1) is 12.2 Å². The number of nitrogens with one attached hydrogen (secondary N) is 2. The molecule has 5 nitrogen and oxygen atoms in total. The predicted molar refractivity (Wildman–Crippen MR) is 139 cm³/mol. The second kappa shape index (κ2) is 9.53. The minimum atomic E-state index is 0.201. The van der Waals surface area contributed by atoms with Gasteiger partial charge in [-0.3, -0.25) is 14.7 Å². The Hall–Kier alpha value is -2.66. The Balaban J connectivity index is 1.34. The van der Waals surface area contributed by atoms with Crippen LogP contribution in [0.25, 0.3) is 22.2 Å². The Morgan fingerprint density at radius 3 is 2.41 bits per heavy atom. The lowest BCUT2D eigenvalue weighted by atomic mass is 9.87. The van der Waals surface area contributed by atoms with Crippen LogP contribution in [-0.4, -0.2) is 46.5 Å². The van der Waals surface area contributed by atoms with Gasteiger partial charge < -0.3 is 10.3 Å². The SMILES string of the molecule is Cc1cc(-c2[nH]c3ccc(C4CCN(CC(=O)NC5CCC5)CC4)cc3c2C(C)C)cc(C)n1. The third kappa shape index (κ3) is 4.76. The molecular weight excluding hydrogens is 420 g/mol. The van der Waals surface area contributed by atoms with E-state index < -0.39 is 0 Å². The zero-order valence-corrected chi connectivity index (χ0v) is 21.1. The molecule has 1 amide bonds. The maximum absolute atomic E-state index is 12.3. The van der Waals surface area contributed by atoms with Gasteiger partial charge in [-0.05, 0) is 106 Å². The molecule has 1 saturated carbocycles.